The number of aryl methyl sites for hydroxylation is 1. The first-order chi connectivity index (χ1) is 10.2. The zero-order valence-electron chi connectivity index (χ0n) is 12.3. The number of fused-ring (bicyclic) bond motifs is 1. The van der Waals surface area contributed by atoms with Gasteiger partial charge >= 0.3 is 0 Å². The molecule has 0 spiro atoms. The molecule has 1 saturated heterocycles. The minimum Gasteiger partial charge on any atom is -0.396 e. The van der Waals surface area contributed by atoms with Crippen LogP contribution in [0.25, 0.3) is 5.65 Å². The van der Waals surface area contributed by atoms with Gasteiger partial charge < -0.3 is 10.4 Å². The number of aromatic nitrogens is 2. The normalized spacial score (nSPS) is 16.5. The highest BCUT2D eigenvalue weighted by Crippen LogP contribution is 2.26. The predicted octanol–water partition coefficient (Wildman–Crippen LogP) is 1.00. The average molecular weight is 287 g/mol. The van der Waals surface area contributed by atoms with Gasteiger partial charge in [0.25, 0.3) is 5.56 Å². The molecular formula is C16H21N3O2. The Morgan fingerprint density at radius 3 is 2.90 bits per heavy atom. The van der Waals surface area contributed by atoms with Crippen LogP contribution in [0.2, 0.25) is 0 Å². The van der Waals surface area contributed by atoms with Crippen LogP contribution in [0.1, 0.15) is 35.6 Å². The SMILES string of the molecule is Cc1cccn2c(=O)c(CCO)c(C3CCNCC3)nc12. The van der Waals surface area contributed by atoms with Gasteiger partial charge in [0.1, 0.15) is 5.65 Å². The molecule has 112 valence electrons. The maximum Gasteiger partial charge on any atom is 0.261 e. The number of nitrogens with one attached hydrogen (secondary N) is 1. The fourth-order valence-electron chi connectivity index (χ4n) is 3.13. The third-order valence-corrected chi connectivity index (χ3v) is 4.26. The van der Waals surface area contributed by atoms with Gasteiger partial charge in [0.2, 0.25) is 0 Å². The Morgan fingerprint density at radius 2 is 2.19 bits per heavy atom. The molecule has 0 unspecified atom stereocenters. The first-order valence-corrected chi connectivity index (χ1v) is 7.54. The molecule has 1 aliphatic heterocycles. The summed E-state index contributed by atoms with van der Waals surface area (Å²) in [5.41, 5.74) is 3.27. The minimum absolute atomic E-state index is 0.0211. The van der Waals surface area contributed by atoms with Crippen molar-refractivity contribution >= 4 is 5.65 Å². The summed E-state index contributed by atoms with van der Waals surface area (Å²) in [7, 11) is 0. The molecule has 5 nitrogen and oxygen atoms in total. The molecule has 0 atom stereocenters. The number of rotatable bonds is 3. The largest absolute Gasteiger partial charge is 0.396 e. The van der Waals surface area contributed by atoms with Gasteiger partial charge in [0.05, 0.1) is 5.69 Å². The van der Waals surface area contributed by atoms with Crippen molar-refractivity contribution in [1.29, 1.82) is 0 Å². The molecule has 21 heavy (non-hydrogen) atoms. The quantitative estimate of drug-likeness (QED) is 0.884. The van der Waals surface area contributed by atoms with E-state index in [1.165, 1.54) is 0 Å². The van der Waals surface area contributed by atoms with E-state index in [1.54, 1.807) is 10.6 Å². The van der Waals surface area contributed by atoms with E-state index in [-0.39, 0.29) is 12.2 Å². The number of nitrogens with zero attached hydrogens (tertiary/aromatic N) is 2. The Hall–Kier alpha value is -1.72. The Bertz CT molecular complexity index is 702. The lowest BCUT2D eigenvalue weighted by atomic mass is 9.90. The van der Waals surface area contributed by atoms with Gasteiger partial charge in [0.15, 0.2) is 0 Å². The highest BCUT2D eigenvalue weighted by Gasteiger charge is 2.23. The summed E-state index contributed by atoms with van der Waals surface area (Å²) >= 11 is 0. The molecule has 0 amide bonds. The second kappa shape index (κ2) is 5.95. The van der Waals surface area contributed by atoms with Crippen molar-refractivity contribution in [2.75, 3.05) is 19.7 Å². The molecule has 3 rings (SSSR count). The van der Waals surface area contributed by atoms with Crippen LogP contribution >= 0.6 is 0 Å². The van der Waals surface area contributed by atoms with Crippen molar-refractivity contribution in [3.05, 3.63) is 45.5 Å². The van der Waals surface area contributed by atoms with Crippen LogP contribution in [-0.4, -0.2) is 34.2 Å². The summed E-state index contributed by atoms with van der Waals surface area (Å²) in [6.07, 6.45) is 4.12. The Kier molecular flexibility index (Phi) is 4.03. The standard InChI is InChI=1S/C16H21N3O2/c1-11-3-2-9-19-15(11)18-14(12-4-7-17-8-5-12)13(6-10-20)16(19)21/h2-3,9,12,17,20H,4-8,10H2,1H3. The molecule has 2 aromatic rings. The van der Waals surface area contributed by atoms with Crippen molar-refractivity contribution < 1.29 is 5.11 Å². The molecule has 0 bridgehead atoms. The zero-order valence-corrected chi connectivity index (χ0v) is 12.3. The van der Waals surface area contributed by atoms with Gasteiger partial charge in [-0.15, -0.1) is 0 Å². The summed E-state index contributed by atoms with van der Waals surface area (Å²) in [6, 6.07) is 3.83. The summed E-state index contributed by atoms with van der Waals surface area (Å²) in [6.45, 7) is 3.86. The Morgan fingerprint density at radius 1 is 1.43 bits per heavy atom. The summed E-state index contributed by atoms with van der Waals surface area (Å²) in [5, 5.41) is 12.6. The summed E-state index contributed by atoms with van der Waals surface area (Å²) in [5.74, 6) is 0.310. The van der Waals surface area contributed by atoms with E-state index in [1.807, 2.05) is 19.1 Å². The molecule has 5 heteroatoms. The average Bonchev–Trinajstić information content (AvgIpc) is 2.51. The number of hydrogen-bond acceptors (Lipinski definition) is 4. The Labute approximate surface area is 123 Å². The lowest BCUT2D eigenvalue weighted by Crippen LogP contribution is -2.31. The van der Waals surface area contributed by atoms with Crippen LogP contribution in [0, 0.1) is 6.92 Å². The van der Waals surface area contributed by atoms with E-state index in [9.17, 15) is 9.90 Å². The number of pyridine rings is 1. The molecular weight excluding hydrogens is 266 g/mol. The molecule has 0 radical (unpaired) electrons. The minimum atomic E-state index is -0.0358. The van der Waals surface area contributed by atoms with Crippen molar-refractivity contribution in [1.82, 2.24) is 14.7 Å². The van der Waals surface area contributed by atoms with E-state index >= 15 is 0 Å². The number of aliphatic hydroxyl groups is 1. The maximum atomic E-state index is 12.7. The molecule has 1 aliphatic rings. The fourth-order valence-corrected chi connectivity index (χ4v) is 3.13. The van der Waals surface area contributed by atoms with Gasteiger partial charge in [-0.1, -0.05) is 6.07 Å². The Balaban J connectivity index is 2.22. The van der Waals surface area contributed by atoms with Crippen LogP contribution in [0.15, 0.2) is 23.1 Å². The first kappa shape index (κ1) is 14.2. The van der Waals surface area contributed by atoms with Crippen molar-refractivity contribution in [2.45, 2.75) is 32.1 Å². The van der Waals surface area contributed by atoms with Crippen molar-refractivity contribution in [2.24, 2.45) is 0 Å². The van der Waals surface area contributed by atoms with Crippen LogP contribution in [-0.2, 0) is 6.42 Å². The topological polar surface area (TPSA) is 66.6 Å². The van der Waals surface area contributed by atoms with Gasteiger partial charge in [0, 0.05) is 30.7 Å². The summed E-state index contributed by atoms with van der Waals surface area (Å²) < 4.78 is 1.60. The van der Waals surface area contributed by atoms with E-state index < -0.39 is 0 Å². The van der Waals surface area contributed by atoms with Gasteiger partial charge in [-0.25, -0.2) is 4.98 Å². The molecule has 0 aliphatic carbocycles. The van der Waals surface area contributed by atoms with Gasteiger partial charge in [-0.2, -0.15) is 0 Å². The second-order valence-electron chi connectivity index (χ2n) is 5.66. The molecule has 0 aromatic carbocycles. The summed E-state index contributed by atoms with van der Waals surface area (Å²) in [4.78, 5) is 17.5. The van der Waals surface area contributed by atoms with Crippen molar-refractivity contribution in [3.63, 3.8) is 0 Å². The van der Waals surface area contributed by atoms with Gasteiger partial charge in [-0.05, 0) is 44.5 Å². The lowest BCUT2D eigenvalue weighted by molar-refractivity contribution is 0.297. The molecule has 3 heterocycles. The van der Waals surface area contributed by atoms with Crippen LogP contribution in [0.3, 0.4) is 0 Å². The van der Waals surface area contributed by atoms with Crippen molar-refractivity contribution in [3.8, 4) is 0 Å². The number of hydrogen-bond donors (Lipinski definition) is 2. The molecule has 0 saturated carbocycles. The third kappa shape index (κ3) is 2.59. The molecule has 2 aromatic heterocycles. The molecule has 1 fully saturated rings. The lowest BCUT2D eigenvalue weighted by Gasteiger charge is -2.24. The fraction of sp³-hybridized carbons (Fsp3) is 0.500. The third-order valence-electron chi connectivity index (χ3n) is 4.26. The van der Waals surface area contributed by atoms with Gasteiger partial charge in [-0.3, -0.25) is 9.20 Å². The van der Waals surface area contributed by atoms with E-state index in [2.05, 4.69) is 5.32 Å². The second-order valence-corrected chi connectivity index (χ2v) is 5.66. The predicted molar refractivity (Wildman–Crippen MR) is 81.8 cm³/mol. The van der Waals surface area contributed by atoms with Crippen LogP contribution in [0.5, 0.6) is 0 Å². The molecule has 2 N–H and O–H groups in total. The smallest absolute Gasteiger partial charge is 0.261 e. The maximum absolute atomic E-state index is 12.7. The van der Waals surface area contributed by atoms with E-state index in [0.717, 1.165) is 42.8 Å². The highest BCUT2D eigenvalue weighted by atomic mass is 16.3. The van der Waals surface area contributed by atoms with Crippen LogP contribution < -0.4 is 10.9 Å². The number of piperidine rings is 1. The monoisotopic (exact) mass is 287 g/mol. The van der Waals surface area contributed by atoms with E-state index in [4.69, 9.17) is 4.98 Å². The first-order valence-electron chi connectivity index (χ1n) is 7.54. The van der Waals surface area contributed by atoms with E-state index in [0.29, 0.717) is 17.9 Å². The highest BCUT2D eigenvalue weighted by molar-refractivity contribution is 5.48. The number of aliphatic hydroxyl groups excluding tert-OH is 1. The van der Waals surface area contributed by atoms with Crippen LogP contribution in [0.4, 0.5) is 0 Å². The zero-order chi connectivity index (χ0) is 14.8.